The smallest absolute Gasteiger partial charge is 0.250 e. The van der Waals surface area contributed by atoms with Gasteiger partial charge in [0.1, 0.15) is 11.2 Å². The molecule has 3 rings (SSSR count). The van der Waals surface area contributed by atoms with Crippen LogP contribution in [0.15, 0.2) is 23.4 Å². The van der Waals surface area contributed by atoms with Crippen LogP contribution in [0.3, 0.4) is 0 Å². The van der Waals surface area contributed by atoms with E-state index in [0.29, 0.717) is 38.2 Å². The van der Waals surface area contributed by atoms with Crippen LogP contribution in [0, 0.1) is 0 Å². The van der Waals surface area contributed by atoms with E-state index >= 15 is 0 Å². The standard InChI is InChI=1S/C15H20FN3O2S/c16-12-6-13(19(8-12)9-14-17-3-5-22-14)7-18-15(20)11-2-1-4-21-10-11/h3,5,10,12-13H,1-2,4,6-9H2,(H,18,20)/t12-,13-/m0/s1. The molecule has 5 nitrogen and oxygen atoms in total. The molecule has 0 saturated carbocycles. The summed E-state index contributed by atoms with van der Waals surface area (Å²) >= 11 is 1.57. The molecule has 0 unspecified atom stereocenters. The number of rotatable bonds is 5. The van der Waals surface area contributed by atoms with Crippen LogP contribution in [0.2, 0.25) is 0 Å². The normalized spacial score (nSPS) is 25.6. The second-order valence-electron chi connectivity index (χ2n) is 5.67. The Morgan fingerprint density at radius 2 is 2.50 bits per heavy atom. The Bertz CT molecular complexity index is 535. The second-order valence-corrected chi connectivity index (χ2v) is 6.65. The fraction of sp³-hybridized carbons (Fsp3) is 0.600. The molecule has 0 spiro atoms. The van der Waals surface area contributed by atoms with Crippen LogP contribution in [-0.2, 0) is 16.1 Å². The van der Waals surface area contributed by atoms with Gasteiger partial charge in [0.15, 0.2) is 0 Å². The number of amides is 1. The first-order valence-corrected chi connectivity index (χ1v) is 8.45. The molecule has 1 N–H and O–H groups in total. The molecule has 120 valence electrons. The highest BCUT2D eigenvalue weighted by Crippen LogP contribution is 2.23. The number of hydrogen-bond acceptors (Lipinski definition) is 5. The van der Waals surface area contributed by atoms with Gasteiger partial charge in [-0.25, -0.2) is 9.37 Å². The molecule has 2 aliphatic heterocycles. The molecular weight excluding hydrogens is 305 g/mol. The van der Waals surface area contributed by atoms with E-state index in [4.69, 9.17) is 4.74 Å². The molecule has 7 heteroatoms. The maximum absolute atomic E-state index is 13.7. The Morgan fingerprint density at radius 3 is 3.23 bits per heavy atom. The summed E-state index contributed by atoms with van der Waals surface area (Å²) in [6, 6.07) is 0.0213. The largest absolute Gasteiger partial charge is 0.501 e. The van der Waals surface area contributed by atoms with E-state index in [-0.39, 0.29) is 11.9 Å². The Labute approximate surface area is 133 Å². The van der Waals surface area contributed by atoms with Gasteiger partial charge in [0.2, 0.25) is 5.91 Å². The molecule has 1 aromatic heterocycles. The summed E-state index contributed by atoms with van der Waals surface area (Å²) in [6.07, 6.45) is 4.53. The van der Waals surface area contributed by atoms with Crippen molar-refractivity contribution in [1.82, 2.24) is 15.2 Å². The predicted molar refractivity (Wildman–Crippen MR) is 82.1 cm³/mol. The number of ether oxygens (including phenoxy) is 1. The molecule has 3 heterocycles. The van der Waals surface area contributed by atoms with E-state index in [0.717, 1.165) is 17.8 Å². The Kier molecular flexibility index (Phi) is 5.04. The maximum atomic E-state index is 13.7. The highest BCUT2D eigenvalue weighted by atomic mass is 32.1. The number of carbonyl (C=O) groups excluding carboxylic acids is 1. The zero-order valence-corrected chi connectivity index (χ0v) is 13.2. The number of thiazole rings is 1. The minimum absolute atomic E-state index is 0.0213. The van der Waals surface area contributed by atoms with Gasteiger partial charge in [-0.3, -0.25) is 9.69 Å². The van der Waals surface area contributed by atoms with Crippen LogP contribution >= 0.6 is 11.3 Å². The SMILES string of the molecule is O=C(NC[C@@H]1C[C@H](F)CN1Cc1nccs1)C1=COCCC1. The zero-order valence-electron chi connectivity index (χ0n) is 12.3. The molecule has 0 bridgehead atoms. The molecule has 0 aromatic carbocycles. The number of nitrogens with one attached hydrogen (secondary N) is 1. The average molecular weight is 325 g/mol. The zero-order chi connectivity index (χ0) is 15.4. The van der Waals surface area contributed by atoms with Crippen LogP contribution in [0.5, 0.6) is 0 Å². The van der Waals surface area contributed by atoms with Gasteiger partial charge in [-0.15, -0.1) is 11.3 Å². The molecule has 22 heavy (non-hydrogen) atoms. The number of alkyl halides is 1. The van der Waals surface area contributed by atoms with Crippen molar-refractivity contribution in [3.63, 3.8) is 0 Å². The number of carbonyl (C=O) groups is 1. The number of nitrogens with zero attached hydrogens (tertiary/aromatic N) is 2. The third kappa shape index (κ3) is 3.84. The van der Waals surface area contributed by atoms with Crippen molar-refractivity contribution in [2.75, 3.05) is 19.7 Å². The van der Waals surface area contributed by atoms with Crippen LogP contribution < -0.4 is 5.32 Å². The minimum Gasteiger partial charge on any atom is -0.501 e. The average Bonchev–Trinajstić information content (AvgIpc) is 3.16. The molecule has 2 atom stereocenters. The van der Waals surface area contributed by atoms with Gasteiger partial charge in [0.25, 0.3) is 0 Å². The number of aromatic nitrogens is 1. The van der Waals surface area contributed by atoms with Gasteiger partial charge >= 0.3 is 0 Å². The fourth-order valence-corrected chi connectivity index (χ4v) is 3.53. The Balaban J connectivity index is 1.53. The van der Waals surface area contributed by atoms with Gasteiger partial charge in [-0.05, 0) is 19.3 Å². The summed E-state index contributed by atoms with van der Waals surface area (Å²) in [5, 5.41) is 5.81. The fourth-order valence-electron chi connectivity index (χ4n) is 2.89. The summed E-state index contributed by atoms with van der Waals surface area (Å²) in [7, 11) is 0. The van der Waals surface area contributed by atoms with Gasteiger partial charge in [-0.2, -0.15) is 0 Å². The van der Waals surface area contributed by atoms with E-state index in [1.165, 1.54) is 0 Å². The van der Waals surface area contributed by atoms with Gasteiger partial charge in [0, 0.05) is 30.7 Å². The molecule has 1 aromatic rings. The van der Waals surface area contributed by atoms with Crippen molar-refractivity contribution in [3.8, 4) is 0 Å². The Morgan fingerprint density at radius 1 is 1.59 bits per heavy atom. The quantitative estimate of drug-likeness (QED) is 0.898. The van der Waals surface area contributed by atoms with E-state index in [9.17, 15) is 9.18 Å². The lowest BCUT2D eigenvalue weighted by Crippen LogP contribution is -2.40. The maximum Gasteiger partial charge on any atom is 0.250 e. The van der Waals surface area contributed by atoms with Crippen molar-refractivity contribution < 1.29 is 13.9 Å². The molecule has 1 fully saturated rings. The molecule has 2 aliphatic rings. The van der Waals surface area contributed by atoms with E-state index < -0.39 is 6.17 Å². The van der Waals surface area contributed by atoms with E-state index in [1.54, 1.807) is 23.8 Å². The first-order chi connectivity index (χ1) is 10.7. The van der Waals surface area contributed by atoms with E-state index in [1.807, 2.05) is 5.38 Å². The summed E-state index contributed by atoms with van der Waals surface area (Å²) in [5.74, 6) is -0.101. The molecule has 1 amide bonds. The van der Waals surface area contributed by atoms with Crippen LogP contribution in [0.25, 0.3) is 0 Å². The molecule has 0 radical (unpaired) electrons. The lowest BCUT2D eigenvalue weighted by Gasteiger charge is -2.23. The van der Waals surface area contributed by atoms with Crippen LogP contribution in [0.1, 0.15) is 24.3 Å². The third-order valence-corrected chi connectivity index (χ3v) is 4.79. The minimum atomic E-state index is -0.834. The highest BCUT2D eigenvalue weighted by Gasteiger charge is 2.32. The van der Waals surface area contributed by atoms with Crippen molar-refractivity contribution in [2.24, 2.45) is 0 Å². The van der Waals surface area contributed by atoms with Crippen LogP contribution in [-0.4, -0.2) is 47.7 Å². The molecular formula is C15H20FN3O2S. The van der Waals surface area contributed by atoms with Gasteiger partial charge < -0.3 is 10.1 Å². The number of halogens is 1. The number of hydrogen-bond donors (Lipinski definition) is 1. The predicted octanol–water partition coefficient (Wildman–Crippen LogP) is 1.87. The van der Waals surface area contributed by atoms with Gasteiger partial charge in [-0.1, -0.05) is 0 Å². The Hall–Kier alpha value is -1.47. The molecule has 1 saturated heterocycles. The molecule has 0 aliphatic carbocycles. The third-order valence-electron chi connectivity index (χ3n) is 4.02. The summed E-state index contributed by atoms with van der Waals surface area (Å²) in [6.45, 7) is 2.18. The first kappa shape index (κ1) is 15.4. The lowest BCUT2D eigenvalue weighted by atomic mass is 10.1. The summed E-state index contributed by atoms with van der Waals surface area (Å²) in [4.78, 5) is 18.4. The van der Waals surface area contributed by atoms with Crippen LogP contribution in [0.4, 0.5) is 4.39 Å². The summed E-state index contributed by atoms with van der Waals surface area (Å²) < 4.78 is 18.9. The summed E-state index contributed by atoms with van der Waals surface area (Å²) in [5.41, 5.74) is 0.674. The topological polar surface area (TPSA) is 54.5 Å². The van der Waals surface area contributed by atoms with E-state index in [2.05, 4.69) is 15.2 Å². The first-order valence-electron chi connectivity index (χ1n) is 7.57. The van der Waals surface area contributed by atoms with Crippen molar-refractivity contribution in [1.29, 1.82) is 0 Å². The van der Waals surface area contributed by atoms with Gasteiger partial charge in [0.05, 0.1) is 25.0 Å². The van der Waals surface area contributed by atoms with Crippen molar-refractivity contribution in [3.05, 3.63) is 28.4 Å². The second kappa shape index (κ2) is 7.19. The number of likely N-dealkylation sites (tertiary alicyclic amines) is 1. The van der Waals surface area contributed by atoms with Crippen molar-refractivity contribution in [2.45, 2.75) is 38.0 Å². The van der Waals surface area contributed by atoms with Crippen molar-refractivity contribution >= 4 is 17.2 Å². The monoisotopic (exact) mass is 325 g/mol. The highest BCUT2D eigenvalue weighted by molar-refractivity contribution is 7.09. The lowest BCUT2D eigenvalue weighted by molar-refractivity contribution is -0.118.